The molecule has 0 aliphatic rings. The molecule has 9 heteroatoms. The van der Waals surface area contributed by atoms with Crippen molar-refractivity contribution in [2.24, 2.45) is 0 Å². The third-order valence-corrected chi connectivity index (χ3v) is 5.99. The number of sulfonamides is 1. The average molecular weight is 453 g/mol. The number of halogens is 3. The van der Waals surface area contributed by atoms with Crippen molar-refractivity contribution in [3.05, 3.63) is 87.7 Å². The van der Waals surface area contributed by atoms with Crippen LogP contribution in [0.1, 0.15) is 15.9 Å². The lowest BCUT2D eigenvalue weighted by Gasteiger charge is -2.12. The van der Waals surface area contributed by atoms with Crippen molar-refractivity contribution < 1.29 is 17.6 Å². The number of nitrogens with one attached hydrogen (secondary N) is 2. The van der Waals surface area contributed by atoms with Crippen LogP contribution in [0.2, 0.25) is 10.0 Å². The molecular weight excluding hydrogens is 438 g/mol. The molecule has 0 saturated heterocycles. The molecule has 0 atom stereocenters. The first-order valence-electron chi connectivity index (χ1n) is 8.31. The second kappa shape index (κ2) is 8.41. The Balaban J connectivity index is 1.87. The highest BCUT2D eigenvalue weighted by Crippen LogP contribution is 2.27. The number of anilines is 2. The summed E-state index contributed by atoms with van der Waals surface area (Å²) in [4.78, 5) is 12.5. The normalized spacial score (nSPS) is 11.2. The maximum atomic E-state index is 13.1. The minimum Gasteiger partial charge on any atom is -0.322 e. The first kappa shape index (κ1) is 21.1. The molecule has 1 amide bonds. The minimum atomic E-state index is -4.02. The van der Waals surface area contributed by atoms with Gasteiger partial charge >= 0.3 is 0 Å². The van der Waals surface area contributed by atoms with Gasteiger partial charge in [-0.1, -0.05) is 29.3 Å². The Morgan fingerprint density at radius 1 is 0.931 bits per heavy atom. The second-order valence-electron chi connectivity index (χ2n) is 6.17. The Morgan fingerprint density at radius 2 is 1.62 bits per heavy atom. The van der Waals surface area contributed by atoms with E-state index in [4.69, 9.17) is 23.2 Å². The van der Waals surface area contributed by atoms with E-state index in [1.807, 2.05) is 6.92 Å². The highest BCUT2D eigenvalue weighted by Gasteiger charge is 2.18. The van der Waals surface area contributed by atoms with Crippen LogP contribution in [-0.4, -0.2) is 14.3 Å². The molecule has 0 fully saturated rings. The van der Waals surface area contributed by atoms with E-state index in [-0.39, 0.29) is 21.2 Å². The monoisotopic (exact) mass is 452 g/mol. The van der Waals surface area contributed by atoms with Gasteiger partial charge in [-0.25, -0.2) is 12.8 Å². The van der Waals surface area contributed by atoms with Crippen LogP contribution in [0.15, 0.2) is 65.6 Å². The maximum Gasteiger partial charge on any atom is 0.261 e. The molecule has 3 rings (SSSR count). The van der Waals surface area contributed by atoms with Crippen LogP contribution >= 0.6 is 23.2 Å². The summed E-state index contributed by atoms with van der Waals surface area (Å²) in [5.41, 5.74) is 1.55. The fraction of sp³-hybridized carbons (Fsp3) is 0.0500. The largest absolute Gasteiger partial charge is 0.322 e. The van der Waals surface area contributed by atoms with Crippen molar-refractivity contribution >= 4 is 50.5 Å². The highest BCUT2D eigenvalue weighted by molar-refractivity contribution is 7.92. The average Bonchev–Trinajstić information content (AvgIpc) is 2.66. The van der Waals surface area contributed by atoms with E-state index in [9.17, 15) is 17.6 Å². The van der Waals surface area contributed by atoms with E-state index in [0.29, 0.717) is 10.7 Å². The third kappa shape index (κ3) is 5.06. The van der Waals surface area contributed by atoms with Gasteiger partial charge in [0.25, 0.3) is 15.9 Å². The lowest BCUT2D eigenvalue weighted by molar-refractivity contribution is 0.102. The topological polar surface area (TPSA) is 75.3 Å². The van der Waals surface area contributed by atoms with Crippen molar-refractivity contribution in [3.8, 4) is 0 Å². The number of hydrogen-bond acceptors (Lipinski definition) is 3. The lowest BCUT2D eigenvalue weighted by atomic mass is 10.1. The van der Waals surface area contributed by atoms with Crippen molar-refractivity contribution in [2.45, 2.75) is 11.8 Å². The van der Waals surface area contributed by atoms with E-state index < -0.39 is 21.7 Å². The molecule has 0 aliphatic heterocycles. The number of hydrogen-bond donors (Lipinski definition) is 2. The molecular formula is C20H15Cl2FN2O3S. The van der Waals surface area contributed by atoms with Gasteiger partial charge in [-0.15, -0.1) is 0 Å². The van der Waals surface area contributed by atoms with Gasteiger partial charge in [-0.2, -0.15) is 0 Å². The predicted octanol–water partition coefficient (Wildman–Crippen LogP) is 5.49. The van der Waals surface area contributed by atoms with E-state index in [1.165, 1.54) is 18.2 Å². The molecule has 2 N–H and O–H groups in total. The predicted molar refractivity (Wildman–Crippen MR) is 113 cm³/mol. The fourth-order valence-corrected chi connectivity index (χ4v) is 3.95. The SMILES string of the molecule is Cc1ccc(Cl)cc1NC(=O)c1ccc(Cl)c(NS(=O)(=O)c2ccc(F)cc2)c1. The Morgan fingerprint density at radius 3 is 2.31 bits per heavy atom. The van der Waals surface area contributed by atoms with Crippen molar-refractivity contribution in [3.63, 3.8) is 0 Å². The smallest absolute Gasteiger partial charge is 0.261 e. The van der Waals surface area contributed by atoms with Crippen LogP contribution in [0.4, 0.5) is 15.8 Å². The molecule has 3 aromatic carbocycles. The van der Waals surface area contributed by atoms with E-state index in [1.54, 1.807) is 18.2 Å². The zero-order valence-corrected chi connectivity index (χ0v) is 17.4. The summed E-state index contributed by atoms with van der Waals surface area (Å²) >= 11 is 12.1. The standard InChI is InChI=1S/C20H15Cl2FN2O3S/c1-12-2-4-14(21)11-18(12)24-20(26)13-3-9-17(22)19(10-13)25-29(27,28)16-7-5-15(23)6-8-16/h2-11,25H,1H3,(H,24,26). The molecule has 0 unspecified atom stereocenters. The Kier molecular flexibility index (Phi) is 6.12. The first-order chi connectivity index (χ1) is 13.7. The zero-order chi connectivity index (χ0) is 21.2. The Labute approximate surface area is 177 Å². The summed E-state index contributed by atoms with van der Waals surface area (Å²) in [5, 5.41) is 3.30. The van der Waals surface area contributed by atoms with Gasteiger partial charge in [0.05, 0.1) is 15.6 Å². The molecule has 0 bridgehead atoms. The molecule has 5 nitrogen and oxygen atoms in total. The number of carbonyl (C=O) groups is 1. The number of benzene rings is 3. The molecule has 0 spiro atoms. The van der Waals surface area contributed by atoms with Crippen LogP contribution in [0.5, 0.6) is 0 Å². The summed E-state index contributed by atoms with van der Waals surface area (Å²) < 4.78 is 40.4. The zero-order valence-electron chi connectivity index (χ0n) is 15.0. The van der Waals surface area contributed by atoms with Crippen LogP contribution in [0.25, 0.3) is 0 Å². The molecule has 150 valence electrons. The summed E-state index contributed by atoms with van der Waals surface area (Å²) in [6.07, 6.45) is 0. The van der Waals surface area contributed by atoms with Gasteiger partial charge in [0.1, 0.15) is 5.82 Å². The molecule has 29 heavy (non-hydrogen) atoms. The van der Waals surface area contributed by atoms with Gasteiger partial charge in [0.2, 0.25) is 0 Å². The first-order valence-corrected chi connectivity index (χ1v) is 10.5. The number of carbonyl (C=O) groups excluding carboxylic acids is 1. The molecule has 3 aromatic rings. The summed E-state index contributed by atoms with van der Waals surface area (Å²) in [7, 11) is -4.02. The summed E-state index contributed by atoms with van der Waals surface area (Å²) in [6, 6.07) is 13.6. The molecule has 0 aliphatic carbocycles. The van der Waals surface area contributed by atoms with Crippen LogP contribution < -0.4 is 10.0 Å². The second-order valence-corrected chi connectivity index (χ2v) is 8.69. The van der Waals surface area contributed by atoms with E-state index >= 15 is 0 Å². The van der Waals surface area contributed by atoms with Gasteiger partial charge in [-0.05, 0) is 67.1 Å². The highest BCUT2D eigenvalue weighted by atomic mass is 35.5. The van der Waals surface area contributed by atoms with Gasteiger partial charge in [-0.3, -0.25) is 9.52 Å². The Hall–Kier alpha value is -2.61. The molecule has 0 heterocycles. The minimum absolute atomic E-state index is 0.0199. The number of aryl methyl sites for hydroxylation is 1. The number of rotatable bonds is 5. The van der Waals surface area contributed by atoms with Crippen LogP contribution in [0, 0.1) is 12.7 Å². The van der Waals surface area contributed by atoms with Crippen molar-refractivity contribution in [1.29, 1.82) is 0 Å². The summed E-state index contributed by atoms with van der Waals surface area (Å²) in [5.74, 6) is -1.02. The van der Waals surface area contributed by atoms with Crippen LogP contribution in [0.3, 0.4) is 0 Å². The molecule has 0 aromatic heterocycles. The van der Waals surface area contributed by atoms with E-state index in [0.717, 1.165) is 29.8 Å². The lowest BCUT2D eigenvalue weighted by Crippen LogP contribution is -2.16. The van der Waals surface area contributed by atoms with E-state index in [2.05, 4.69) is 10.0 Å². The van der Waals surface area contributed by atoms with Crippen molar-refractivity contribution in [2.75, 3.05) is 10.0 Å². The summed E-state index contributed by atoms with van der Waals surface area (Å²) in [6.45, 7) is 1.82. The maximum absolute atomic E-state index is 13.1. The fourth-order valence-electron chi connectivity index (χ4n) is 2.49. The molecule has 0 radical (unpaired) electrons. The quantitative estimate of drug-likeness (QED) is 0.536. The molecule has 0 saturated carbocycles. The van der Waals surface area contributed by atoms with Crippen LogP contribution in [-0.2, 0) is 10.0 Å². The van der Waals surface area contributed by atoms with Gasteiger partial charge in [0, 0.05) is 16.3 Å². The number of amides is 1. The van der Waals surface area contributed by atoms with Crippen molar-refractivity contribution in [1.82, 2.24) is 0 Å². The van der Waals surface area contributed by atoms with Gasteiger partial charge < -0.3 is 5.32 Å². The van der Waals surface area contributed by atoms with Gasteiger partial charge in [0.15, 0.2) is 0 Å². The third-order valence-electron chi connectivity index (χ3n) is 4.04. The Bertz CT molecular complexity index is 1180.